The fraction of sp³-hybridized carbons (Fsp3) is 0.833. The molecule has 0 aliphatic rings. The first kappa shape index (κ1) is 15.7. The molecule has 0 aromatic heterocycles. The number of amides is 1. The molecule has 0 bridgehead atoms. The summed E-state index contributed by atoms with van der Waals surface area (Å²) in [7, 11) is -3.73. The van der Waals surface area contributed by atoms with Crippen molar-refractivity contribution in [3.05, 3.63) is 0 Å². The van der Waals surface area contributed by atoms with Gasteiger partial charge in [-0.25, -0.2) is 4.79 Å². The minimum absolute atomic E-state index is 0. The van der Waals surface area contributed by atoms with Crippen molar-refractivity contribution in [1.82, 2.24) is 0 Å². The van der Waals surface area contributed by atoms with E-state index in [0.29, 0.717) is 6.42 Å². The molecule has 0 atom stereocenters. The van der Waals surface area contributed by atoms with Crippen LogP contribution in [-0.2, 0) is 14.3 Å². The van der Waals surface area contributed by atoms with Crippen LogP contribution in [0.5, 0.6) is 0 Å². The van der Waals surface area contributed by atoms with Crippen LogP contribution < -0.4 is 5.73 Å². The minimum atomic E-state index is -3.73. The fourth-order valence-electron chi connectivity index (χ4n) is 0.696. The van der Waals surface area contributed by atoms with Gasteiger partial charge in [-0.15, -0.1) is 0 Å². The normalized spacial score (nSPS) is 10.2. The molecule has 0 aromatic rings. The Kier molecular flexibility index (Phi) is 9.18. The molecule has 0 aliphatic carbocycles. The number of hydrogen-bond acceptors (Lipinski definition) is 4. The Morgan fingerprint density at radius 2 is 1.92 bits per heavy atom. The molecular weight excluding hydrogens is 205 g/mol. The molecule has 0 saturated heterocycles. The van der Waals surface area contributed by atoms with Gasteiger partial charge in [-0.1, -0.05) is 19.8 Å². The molecule has 0 radical (unpaired) electrons. The van der Waals surface area contributed by atoms with Gasteiger partial charge in [0.2, 0.25) is 0 Å². The van der Waals surface area contributed by atoms with Crippen LogP contribution in [-0.4, -0.2) is 49.8 Å². The molecule has 0 unspecified atom stereocenters. The molecule has 0 aromatic carbocycles. The SMILES string of the molecule is CCCCCS(=O)(=O)OC(N)=O.[NaH]. The van der Waals surface area contributed by atoms with Crippen molar-refractivity contribution in [3.8, 4) is 0 Å². The Morgan fingerprint density at radius 1 is 1.38 bits per heavy atom. The van der Waals surface area contributed by atoms with Crippen LogP contribution in [0.25, 0.3) is 0 Å². The second-order valence-electron chi connectivity index (χ2n) is 2.37. The quantitative estimate of drug-likeness (QED) is 0.399. The summed E-state index contributed by atoms with van der Waals surface area (Å²) in [4.78, 5) is 10.1. The standard InChI is InChI=1S/C6H13NO4S.Na.H/c1-2-3-4-5-12(9,10)11-6(7)8;;/h2-5H2,1H3,(H2,7,8);;. The number of carbonyl (C=O) groups is 1. The third-order valence-electron chi connectivity index (χ3n) is 1.21. The summed E-state index contributed by atoms with van der Waals surface area (Å²) in [5.41, 5.74) is 4.54. The van der Waals surface area contributed by atoms with Gasteiger partial charge < -0.3 is 9.92 Å². The Bertz CT molecular complexity index is 239. The van der Waals surface area contributed by atoms with Gasteiger partial charge in [0, 0.05) is 0 Å². The summed E-state index contributed by atoms with van der Waals surface area (Å²) in [5.74, 6) is -0.149. The third-order valence-corrected chi connectivity index (χ3v) is 2.41. The van der Waals surface area contributed by atoms with Crippen molar-refractivity contribution >= 4 is 45.8 Å². The first-order valence-corrected chi connectivity index (χ1v) is 5.27. The van der Waals surface area contributed by atoms with Crippen LogP contribution in [0, 0.1) is 0 Å². The summed E-state index contributed by atoms with van der Waals surface area (Å²) in [5, 5.41) is 0. The van der Waals surface area contributed by atoms with Gasteiger partial charge >= 0.3 is 45.8 Å². The molecule has 5 nitrogen and oxygen atoms in total. The molecule has 0 fully saturated rings. The van der Waals surface area contributed by atoms with E-state index in [2.05, 4.69) is 9.92 Å². The predicted molar refractivity (Wildman–Crippen MR) is 51.1 cm³/mol. The van der Waals surface area contributed by atoms with E-state index < -0.39 is 16.2 Å². The van der Waals surface area contributed by atoms with Crippen molar-refractivity contribution < 1.29 is 17.4 Å². The van der Waals surface area contributed by atoms with Crippen molar-refractivity contribution in [3.63, 3.8) is 0 Å². The van der Waals surface area contributed by atoms with Gasteiger partial charge in [0.05, 0.1) is 5.75 Å². The van der Waals surface area contributed by atoms with Gasteiger partial charge in [-0.3, -0.25) is 0 Å². The molecule has 13 heavy (non-hydrogen) atoms. The van der Waals surface area contributed by atoms with Crippen molar-refractivity contribution in [2.75, 3.05) is 5.75 Å². The van der Waals surface area contributed by atoms with Crippen molar-refractivity contribution in [2.24, 2.45) is 5.73 Å². The van der Waals surface area contributed by atoms with Gasteiger partial charge in [-0.05, 0) is 6.42 Å². The summed E-state index contributed by atoms with van der Waals surface area (Å²) < 4.78 is 25.5. The molecule has 1 amide bonds. The zero-order valence-corrected chi connectivity index (χ0v) is 7.76. The number of unbranched alkanes of at least 4 members (excludes halogenated alkanes) is 2. The maximum absolute atomic E-state index is 10.8. The van der Waals surface area contributed by atoms with Crippen molar-refractivity contribution in [2.45, 2.75) is 26.2 Å². The topological polar surface area (TPSA) is 86.5 Å². The average Bonchev–Trinajstić information content (AvgIpc) is 1.84. The van der Waals surface area contributed by atoms with Crippen LogP contribution in [0.1, 0.15) is 26.2 Å². The Labute approximate surface area is 100 Å². The second kappa shape index (κ2) is 7.61. The molecule has 2 N–H and O–H groups in total. The van der Waals surface area contributed by atoms with Crippen LogP contribution in [0.3, 0.4) is 0 Å². The van der Waals surface area contributed by atoms with E-state index in [4.69, 9.17) is 0 Å². The number of rotatable bonds is 5. The second-order valence-corrected chi connectivity index (χ2v) is 4.06. The molecule has 7 heteroatoms. The number of carbonyl (C=O) groups excluding carboxylic acids is 1. The van der Waals surface area contributed by atoms with Crippen LogP contribution in [0.4, 0.5) is 4.79 Å². The van der Waals surface area contributed by atoms with E-state index in [9.17, 15) is 13.2 Å². The van der Waals surface area contributed by atoms with Crippen LogP contribution in [0.2, 0.25) is 0 Å². The van der Waals surface area contributed by atoms with Gasteiger partial charge in [0.25, 0.3) is 0 Å². The summed E-state index contributed by atoms with van der Waals surface area (Å²) in [6.45, 7) is 1.95. The molecule has 0 rings (SSSR count). The fourth-order valence-corrected chi connectivity index (χ4v) is 1.59. The first-order valence-electron chi connectivity index (χ1n) is 3.69. The maximum atomic E-state index is 10.8. The number of nitrogens with two attached hydrogens (primary N) is 1. The molecule has 0 saturated carbocycles. The number of hydrogen-bond donors (Lipinski definition) is 1. The van der Waals surface area contributed by atoms with Gasteiger partial charge in [-0.2, -0.15) is 8.42 Å². The summed E-state index contributed by atoms with van der Waals surface area (Å²) >= 11 is 0. The predicted octanol–water partition coefficient (Wildman–Crippen LogP) is -0.0468. The Morgan fingerprint density at radius 3 is 2.31 bits per heavy atom. The van der Waals surface area contributed by atoms with Gasteiger partial charge in [0.1, 0.15) is 0 Å². The van der Waals surface area contributed by atoms with E-state index in [1.54, 1.807) is 0 Å². The zero-order chi connectivity index (χ0) is 9.61. The van der Waals surface area contributed by atoms with E-state index in [-0.39, 0.29) is 35.3 Å². The summed E-state index contributed by atoms with van der Waals surface area (Å²) in [6.07, 6.45) is 0.922. The van der Waals surface area contributed by atoms with Crippen LogP contribution >= 0.6 is 0 Å². The molecule has 74 valence electrons. The third kappa shape index (κ3) is 10.1. The molecule has 0 spiro atoms. The average molecular weight is 219 g/mol. The number of primary amides is 1. The molecule has 0 heterocycles. The van der Waals surface area contributed by atoms with E-state index in [0.717, 1.165) is 12.8 Å². The Balaban J connectivity index is 0. The van der Waals surface area contributed by atoms with Gasteiger partial charge in [0.15, 0.2) is 0 Å². The monoisotopic (exact) mass is 219 g/mol. The van der Waals surface area contributed by atoms with E-state index in [1.165, 1.54) is 0 Å². The van der Waals surface area contributed by atoms with Crippen molar-refractivity contribution in [1.29, 1.82) is 0 Å². The molecular formula is C6H14NNaO4S. The van der Waals surface area contributed by atoms with E-state index in [1.807, 2.05) is 6.92 Å². The molecule has 0 aliphatic heterocycles. The zero-order valence-electron chi connectivity index (χ0n) is 6.95. The first-order chi connectivity index (χ1) is 5.48. The van der Waals surface area contributed by atoms with Crippen LogP contribution in [0.15, 0.2) is 0 Å². The summed E-state index contributed by atoms with van der Waals surface area (Å²) in [6, 6.07) is 0. The van der Waals surface area contributed by atoms with E-state index >= 15 is 0 Å². The Hall–Kier alpha value is 0.220.